The number of carbonyl (C=O) groups excluding carboxylic acids is 2. The summed E-state index contributed by atoms with van der Waals surface area (Å²) in [6.07, 6.45) is 5.61. The fourth-order valence-corrected chi connectivity index (χ4v) is 3.39. The van der Waals surface area contributed by atoms with E-state index in [-0.39, 0.29) is 18.1 Å². The van der Waals surface area contributed by atoms with Crippen LogP contribution in [0.2, 0.25) is 0 Å². The SMILES string of the molecule is CC(C)(C)OC(=O)NC1(CNC(=O)Cc2ccc(F)cc2)CCCCCC1. The van der Waals surface area contributed by atoms with Crippen LogP contribution in [0.5, 0.6) is 0 Å². The molecule has 150 valence electrons. The van der Waals surface area contributed by atoms with Gasteiger partial charge in [-0.05, 0) is 51.3 Å². The number of benzene rings is 1. The molecule has 2 amide bonds. The van der Waals surface area contributed by atoms with E-state index in [2.05, 4.69) is 10.6 Å². The largest absolute Gasteiger partial charge is 0.444 e. The molecule has 6 heteroatoms. The summed E-state index contributed by atoms with van der Waals surface area (Å²) in [7, 11) is 0. The van der Waals surface area contributed by atoms with Crippen LogP contribution >= 0.6 is 0 Å². The van der Waals surface area contributed by atoms with Crippen LogP contribution in [0, 0.1) is 5.82 Å². The fraction of sp³-hybridized carbons (Fsp3) is 0.619. The summed E-state index contributed by atoms with van der Waals surface area (Å²) in [5, 5.41) is 5.98. The Kier molecular flexibility index (Phi) is 7.22. The summed E-state index contributed by atoms with van der Waals surface area (Å²) in [6, 6.07) is 5.91. The van der Waals surface area contributed by atoms with Crippen LogP contribution in [0.3, 0.4) is 0 Å². The van der Waals surface area contributed by atoms with Crippen LogP contribution in [0.4, 0.5) is 9.18 Å². The molecule has 0 bridgehead atoms. The van der Waals surface area contributed by atoms with Crippen molar-refractivity contribution in [3.63, 3.8) is 0 Å². The predicted molar refractivity (Wildman–Crippen MR) is 103 cm³/mol. The fourth-order valence-electron chi connectivity index (χ4n) is 3.39. The van der Waals surface area contributed by atoms with Gasteiger partial charge < -0.3 is 15.4 Å². The molecule has 1 aromatic carbocycles. The number of hydrogen-bond donors (Lipinski definition) is 2. The van der Waals surface area contributed by atoms with Gasteiger partial charge in [0.15, 0.2) is 0 Å². The minimum atomic E-state index is -0.568. The van der Waals surface area contributed by atoms with Crippen molar-refractivity contribution < 1.29 is 18.7 Å². The number of amides is 2. The maximum Gasteiger partial charge on any atom is 0.408 e. The van der Waals surface area contributed by atoms with Gasteiger partial charge in [-0.3, -0.25) is 4.79 Å². The summed E-state index contributed by atoms with van der Waals surface area (Å²) in [6.45, 7) is 5.86. The molecular formula is C21H31FN2O3. The normalized spacial score (nSPS) is 16.9. The highest BCUT2D eigenvalue weighted by atomic mass is 19.1. The number of hydrogen-bond acceptors (Lipinski definition) is 3. The van der Waals surface area contributed by atoms with Crippen molar-refractivity contribution in [3.8, 4) is 0 Å². The molecule has 0 atom stereocenters. The third kappa shape index (κ3) is 7.57. The molecule has 1 aliphatic rings. The van der Waals surface area contributed by atoms with Gasteiger partial charge in [-0.2, -0.15) is 0 Å². The van der Waals surface area contributed by atoms with E-state index in [4.69, 9.17) is 4.74 Å². The Bertz CT molecular complexity index is 630. The lowest BCUT2D eigenvalue weighted by Crippen LogP contribution is -2.56. The van der Waals surface area contributed by atoms with Crippen LogP contribution in [0.25, 0.3) is 0 Å². The molecule has 2 N–H and O–H groups in total. The summed E-state index contributed by atoms with van der Waals surface area (Å²) in [5.41, 5.74) is -0.303. The first-order valence-electron chi connectivity index (χ1n) is 9.70. The second-order valence-corrected chi connectivity index (χ2v) is 8.40. The van der Waals surface area contributed by atoms with Crippen LogP contribution in [0.1, 0.15) is 64.9 Å². The van der Waals surface area contributed by atoms with Crippen LogP contribution in [-0.4, -0.2) is 29.7 Å². The van der Waals surface area contributed by atoms with Crippen molar-refractivity contribution in [2.45, 2.75) is 76.9 Å². The highest BCUT2D eigenvalue weighted by molar-refractivity contribution is 5.78. The number of halogens is 1. The maximum absolute atomic E-state index is 13.0. The van der Waals surface area contributed by atoms with Gasteiger partial charge in [0.2, 0.25) is 5.91 Å². The first kappa shape index (κ1) is 21.2. The Labute approximate surface area is 161 Å². The van der Waals surface area contributed by atoms with E-state index >= 15 is 0 Å². The minimum Gasteiger partial charge on any atom is -0.444 e. The number of carbonyl (C=O) groups is 2. The summed E-state index contributed by atoms with van der Waals surface area (Å²) < 4.78 is 18.4. The van der Waals surface area contributed by atoms with Crippen molar-refractivity contribution in [2.75, 3.05) is 6.54 Å². The van der Waals surface area contributed by atoms with E-state index in [0.717, 1.165) is 44.1 Å². The molecule has 0 unspecified atom stereocenters. The standard InChI is InChI=1S/C21H31FN2O3/c1-20(2,3)27-19(26)24-21(12-6-4-5-7-13-21)15-23-18(25)14-16-8-10-17(22)11-9-16/h8-11H,4-7,12-15H2,1-3H3,(H,23,25)(H,24,26). The molecule has 1 saturated carbocycles. The second-order valence-electron chi connectivity index (χ2n) is 8.40. The van der Waals surface area contributed by atoms with Gasteiger partial charge in [-0.1, -0.05) is 37.8 Å². The summed E-state index contributed by atoms with van der Waals surface area (Å²) in [5.74, 6) is -0.464. The van der Waals surface area contributed by atoms with E-state index in [9.17, 15) is 14.0 Å². The number of nitrogens with one attached hydrogen (secondary N) is 2. The molecule has 0 spiro atoms. The van der Waals surface area contributed by atoms with Crippen LogP contribution < -0.4 is 10.6 Å². The van der Waals surface area contributed by atoms with Gasteiger partial charge in [-0.15, -0.1) is 0 Å². The molecule has 0 aliphatic heterocycles. The molecule has 1 fully saturated rings. The van der Waals surface area contributed by atoms with Gasteiger partial charge in [0.25, 0.3) is 0 Å². The maximum atomic E-state index is 13.0. The zero-order valence-electron chi connectivity index (χ0n) is 16.6. The quantitative estimate of drug-likeness (QED) is 0.758. The Morgan fingerprint density at radius 1 is 1.07 bits per heavy atom. The minimum absolute atomic E-state index is 0.142. The van der Waals surface area contributed by atoms with E-state index in [0.29, 0.717) is 6.54 Å². The molecule has 0 radical (unpaired) electrons. The molecule has 1 aromatic rings. The molecule has 0 saturated heterocycles. The molecule has 2 rings (SSSR count). The monoisotopic (exact) mass is 378 g/mol. The highest BCUT2D eigenvalue weighted by Crippen LogP contribution is 2.27. The van der Waals surface area contributed by atoms with Crippen molar-refractivity contribution in [1.29, 1.82) is 0 Å². The lowest BCUT2D eigenvalue weighted by Gasteiger charge is -2.35. The summed E-state index contributed by atoms with van der Waals surface area (Å²) in [4.78, 5) is 24.7. The average Bonchev–Trinajstić information content (AvgIpc) is 2.79. The number of ether oxygens (including phenoxy) is 1. The Hall–Kier alpha value is -2.11. The summed E-state index contributed by atoms with van der Waals surface area (Å²) >= 11 is 0. The van der Waals surface area contributed by atoms with E-state index in [1.807, 2.05) is 20.8 Å². The van der Waals surface area contributed by atoms with Crippen molar-refractivity contribution in [2.24, 2.45) is 0 Å². The van der Waals surface area contributed by atoms with Gasteiger partial charge in [0.05, 0.1) is 12.0 Å². The van der Waals surface area contributed by atoms with E-state index in [1.54, 1.807) is 12.1 Å². The lowest BCUT2D eigenvalue weighted by molar-refractivity contribution is -0.120. The first-order valence-corrected chi connectivity index (χ1v) is 9.70. The predicted octanol–water partition coefficient (Wildman–Crippen LogP) is 4.10. The van der Waals surface area contributed by atoms with Crippen molar-refractivity contribution in [1.82, 2.24) is 10.6 Å². The Morgan fingerprint density at radius 3 is 2.22 bits per heavy atom. The van der Waals surface area contributed by atoms with E-state index in [1.165, 1.54) is 12.1 Å². The molecule has 1 aliphatic carbocycles. The number of alkyl carbamates (subject to hydrolysis) is 1. The number of rotatable bonds is 5. The third-order valence-electron chi connectivity index (χ3n) is 4.73. The Morgan fingerprint density at radius 2 is 1.67 bits per heavy atom. The zero-order chi connectivity index (χ0) is 19.9. The molecule has 5 nitrogen and oxygen atoms in total. The van der Waals surface area contributed by atoms with Crippen molar-refractivity contribution >= 4 is 12.0 Å². The molecular weight excluding hydrogens is 347 g/mol. The highest BCUT2D eigenvalue weighted by Gasteiger charge is 2.34. The van der Waals surface area contributed by atoms with Gasteiger partial charge in [0, 0.05) is 6.54 Å². The van der Waals surface area contributed by atoms with Gasteiger partial charge in [0.1, 0.15) is 11.4 Å². The molecule has 0 heterocycles. The van der Waals surface area contributed by atoms with Gasteiger partial charge in [-0.25, -0.2) is 9.18 Å². The molecule has 27 heavy (non-hydrogen) atoms. The van der Waals surface area contributed by atoms with E-state index < -0.39 is 17.2 Å². The third-order valence-corrected chi connectivity index (χ3v) is 4.73. The topological polar surface area (TPSA) is 67.4 Å². The smallest absolute Gasteiger partial charge is 0.408 e. The molecule has 0 aromatic heterocycles. The second kappa shape index (κ2) is 9.20. The zero-order valence-corrected chi connectivity index (χ0v) is 16.6. The lowest BCUT2D eigenvalue weighted by atomic mass is 9.90. The van der Waals surface area contributed by atoms with Gasteiger partial charge >= 0.3 is 6.09 Å². The van der Waals surface area contributed by atoms with Crippen LogP contribution in [-0.2, 0) is 16.0 Å². The Balaban J connectivity index is 1.97. The van der Waals surface area contributed by atoms with Crippen molar-refractivity contribution in [3.05, 3.63) is 35.6 Å². The average molecular weight is 378 g/mol. The van der Waals surface area contributed by atoms with Crippen LogP contribution in [0.15, 0.2) is 24.3 Å². The first-order chi connectivity index (χ1) is 12.7.